The van der Waals surface area contributed by atoms with Gasteiger partial charge in [0.25, 0.3) is 5.91 Å². The van der Waals surface area contributed by atoms with Crippen molar-refractivity contribution in [3.8, 4) is 0 Å². The lowest BCUT2D eigenvalue weighted by atomic mass is 9.91. The van der Waals surface area contributed by atoms with Gasteiger partial charge in [-0.05, 0) is 24.6 Å². The molecule has 0 aliphatic carbocycles. The van der Waals surface area contributed by atoms with E-state index >= 15 is 0 Å². The molecule has 7 heteroatoms. The van der Waals surface area contributed by atoms with Crippen molar-refractivity contribution in [2.45, 2.75) is 18.6 Å². The number of carbonyl (C=O) groups excluding carboxylic acids is 2. The highest BCUT2D eigenvalue weighted by atomic mass is 19.4. The van der Waals surface area contributed by atoms with Crippen LogP contribution in [-0.2, 0) is 16.5 Å². The minimum absolute atomic E-state index is 0.0840. The summed E-state index contributed by atoms with van der Waals surface area (Å²) < 4.78 is 37.7. The van der Waals surface area contributed by atoms with E-state index in [0.717, 1.165) is 12.1 Å². The second-order valence-electron chi connectivity index (χ2n) is 4.11. The van der Waals surface area contributed by atoms with Crippen LogP contribution < -0.4 is 10.6 Å². The number of hydrogen-bond donors (Lipinski definition) is 2. The second kappa shape index (κ2) is 3.72. The minimum atomic E-state index is -4.49. The van der Waals surface area contributed by atoms with Crippen molar-refractivity contribution in [1.82, 2.24) is 10.6 Å². The summed E-state index contributed by atoms with van der Waals surface area (Å²) in [4.78, 5) is 22.7. The number of halogens is 3. The van der Waals surface area contributed by atoms with Crippen molar-refractivity contribution < 1.29 is 22.8 Å². The van der Waals surface area contributed by atoms with Crippen molar-refractivity contribution in [3.05, 3.63) is 35.4 Å². The molecule has 1 aromatic rings. The summed E-state index contributed by atoms with van der Waals surface area (Å²) in [6.45, 7) is 1.35. The molecule has 96 valence electrons. The Morgan fingerprint density at radius 3 is 2.39 bits per heavy atom. The molecule has 2 rings (SSSR count). The molecule has 0 spiro atoms. The van der Waals surface area contributed by atoms with Crippen LogP contribution in [0, 0.1) is 0 Å². The quantitative estimate of drug-likeness (QED) is 0.754. The number of nitrogens with one attached hydrogen (secondary N) is 2. The molecule has 0 radical (unpaired) electrons. The molecule has 2 N–H and O–H groups in total. The first-order valence-electron chi connectivity index (χ1n) is 5.05. The SMILES string of the molecule is C[C@@]1(c2cccc(C(F)(F)F)c2)NC(=O)NC1=O. The summed E-state index contributed by atoms with van der Waals surface area (Å²) in [6, 6.07) is 3.59. The second-order valence-corrected chi connectivity index (χ2v) is 4.11. The van der Waals surface area contributed by atoms with E-state index in [2.05, 4.69) is 5.32 Å². The minimum Gasteiger partial charge on any atom is -0.320 e. The Morgan fingerprint density at radius 2 is 1.89 bits per heavy atom. The Morgan fingerprint density at radius 1 is 1.22 bits per heavy atom. The van der Waals surface area contributed by atoms with Gasteiger partial charge >= 0.3 is 12.2 Å². The van der Waals surface area contributed by atoms with Gasteiger partial charge in [-0.3, -0.25) is 10.1 Å². The predicted molar refractivity (Wildman–Crippen MR) is 55.5 cm³/mol. The van der Waals surface area contributed by atoms with E-state index in [1.165, 1.54) is 19.1 Å². The molecule has 1 aliphatic heterocycles. The van der Waals surface area contributed by atoms with E-state index in [4.69, 9.17) is 0 Å². The third kappa shape index (κ3) is 1.92. The van der Waals surface area contributed by atoms with E-state index in [-0.39, 0.29) is 5.56 Å². The highest BCUT2D eigenvalue weighted by Gasteiger charge is 2.44. The fourth-order valence-electron chi connectivity index (χ4n) is 1.75. The van der Waals surface area contributed by atoms with Crippen LogP contribution >= 0.6 is 0 Å². The first-order chi connectivity index (χ1) is 8.23. The lowest BCUT2D eigenvalue weighted by Crippen LogP contribution is -2.40. The maximum atomic E-state index is 12.6. The zero-order valence-corrected chi connectivity index (χ0v) is 9.26. The summed E-state index contributed by atoms with van der Waals surface area (Å²) in [6.07, 6.45) is -4.49. The van der Waals surface area contributed by atoms with E-state index in [0.29, 0.717) is 0 Å². The molecule has 3 amide bonds. The maximum Gasteiger partial charge on any atom is 0.416 e. The molecule has 1 atom stereocenters. The van der Waals surface area contributed by atoms with Crippen LogP contribution in [0.15, 0.2) is 24.3 Å². The molecule has 1 heterocycles. The zero-order valence-electron chi connectivity index (χ0n) is 9.26. The van der Waals surface area contributed by atoms with Crippen molar-refractivity contribution in [2.24, 2.45) is 0 Å². The third-order valence-electron chi connectivity index (χ3n) is 2.81. The lowest BCUT2D eigenvalue weighted by molar-refractivity contribution is -0.137. The van der Waals surface area contributed by atoms with Crippen LogP contribution in [0.4, 0.5) is 18.0 Å². The van der Waals surface area contributed by atoms with Gasteiger partial charge in [0, 0.05) is 0 Å². The largest absolute Gasteiger partial charge is 0.416 e. The zero-order chi connectivity index (χ0) is 13.6. The normalized spacial score (nSPS) is 23.8. The van der Waals surface area contributed by atoms with Gasteiger partial charge in [-0.25, -0.2) is 4.79 Å². The van der Waals surface area contributed by atoms with Gasteiger partial charge in [0.1, 0.15) is 5.54 Å². The Bertz CT molecular complexity index is 527. The van der Waals surface area contributed by atoms with Gasteiger partial charge in [0.05, 0.1) is 5.56 Å². The van der Waals surface area contributed by atoms with E-state index in [1.807, 2.05) is 5.32 Å². The molecule has 0 bridgehead atoms. The fraction of sp³-hybridized carbons (Fsp3) is 0.273. The van der Waals surface area contributed by atoms with Gasteiger partial charge in [-0.2, -0.15) is 13.2 Å². The average molecular weight is 258 g/mol. The molecule has 0 saturated carbocycles. The highest BCUT2D eigenvalue weighted by Crippen LogP contribution is 2.32. The van der Waals surface area contributed by atoms with Crippen LogP contribution in [-0.4, -0.2) is 11.9 Å². The van der Waals surface area contributed by atoms with Crippen molar-refractivity contribution in [3.63, 3.8) is 0 Å². The molecule has 18 heavy (non-hydrogen) atoms. The highest BCUT2D eigenvalue weighted by molar-refractivity contribution is 6.07. The summed E-state index contributed by atoms with van der Waals surface area (Å²) >= 11 is 0. The fourth-order valence-corrected chi connectivity index (χ4v) is 1.75. The van der Waals surface area contributed by atoms with Gasteiger partial charge < -0.3 is 5.32 Å². The summed E-state index contributed by atoms with van der Waals surface area (Å²) in [5.74, 6) is -0.674. The monoisotopic (exact) mass is 258 g/mol. The van der Waals surface area contributed by atoms with Crippen molar-refractivity contribution >= 4 is 11.9 Å². The van der Waals surface area contributed by atoms with Crippen LogP contribution in [0.2, 0.25) is 0 Å². The van der Waals surface area contributed by atoms with Crippen LogP contribution in [0.5, 0.6) is 0 Å². The molecule has 1 aliphatic rings. The molecule has 1 fully saturated rings. The predicted octanol–water partition coefficient (Wildman–Crippen LogP) is 1.76. The van der Waals surface area contributed by atoms with Crippen molar-refractivity contribution in [2.75, 3.05) is 0 Å². The molecular formula is C11H9F3N2O2. The number of alkyl halides is 3. The topological polar surface area (TPSA) is 58.2 Å². The lowest BCUT2D eigenvalue weighted by Gasteiger charge is -2.22. The first-order valence-corrected chi connectivity index (χ1v) is 5.05. The number of benzene rings is 1. The van der Waals surface area contributed by atoms with E-state index in [1.54, 1.807) is 0 Å². The van der Waals surface area contributed by atoms with E-state index < -0.39 is 29.2 Å². The standard InChI is InChI=1S/C11H9F3N2O2/c1-10(8(17)15-9(18)16-10)6-3-2-4-7(5-6)11(12,13)14/h2-5H,1H3,(H2,15,16,17,18)/t10-/m0/s1. The Labute approximate surface area is 100 Å². The summed E-state index contributed by atoms with van der Waals surface area (Å²) in [5, 5.41) is 4.30. The molecule has 0 unspecified atom stereocenters. The Hall–Kier alpha value is -2.05. The Balaban J connectivity index is 2.46. The number of urea groups is 1. The molecular weight excluding hydrogens is 249 g/mol. The van der Waals surface area contributed by atoms with Crippen LogP contribution in [0.3, 0.4) is 0 Å². The van der Waals surface area contributed by atoms with Gasteiger partial charge in [0.2, 0.25) is 0 Å². The van der Waals surface area contributed by atoms with Gasteiger partial charge in [-0.1, -0.05) is 12.1 Å². The summed E-state index contributed by atoms with van der Waals surface area (Å²) in [5.41, 5.74) is -2.26. The van der Waals surface area contributed by atoms with E-state index in [9.17, 15) is 22.8 Å². The third-order valence-corrected chi connectivity index (χ3v) is 2.81. The first kappa shape index (κ1) is 12.4. The smallest absolute Gasteiger partial charge is 0.320 e. The van der Waals surface area contributed by atoms with Crippen LogP contribution in [0.1, 0.15) is 18.1 Å². The van der Waals surface area contributed by atoms with Crippen LogP contribution in [0.25, 0.3) is 0 Å². The summed E-state index contributed by atoms with van der Waals surface area (Å²) in [7, 11) is 0. The molecule has 1 saturated heterocycles. The van der Waals surface area contributed by atoms with Gasteiger partial charge in [0.15, 0.2) is 0 Å². The van der Waals surface area contributed by atoms with Gasteiger partial charge in [-0.15, -0.1) is 0 Å². The molecule has 4 nitrogen and oxygen atoms in total. The number of carbonyl (C=O) groups is 2. The number of imide groups is 1. The van der Waals surface area contributed by atoms with Crippen molar-refractivity contribution in [1.29, 1.82) is 0 Å². The number of amides is 3. The average Bonchev–Trinajstić information content (AvgIpc) is 2.53. The maximum absolute atomic E-state index is 12.6. The number of rotatable bonds is 1. The molecule has 0 aromatic heterocycles. The Kier molecular flexibility index (Phi) is 2.57. The number of hydrogen-bond acceptors (Lipinski definition) is 2. The molecule has 1 aromatic carbocycles.